The van der Waals surface area contributed by atoms with Gasteiger partial charge in [0.15, 0.2) is 0 Å². The fraction of sp³-hybridized carbons (Fsp3) is 0.568. The molecular weight excluding hydrogens is 1340 g/mol. The third-order valence-electron chi connectivity index (χ3n) is 21.6. The van der Waals surface area contributed by atoms with Crippen LogP contribution in [-0.2, 0) is 68.6 Å². The molecule has 0 saturated heterocycles. The van der Waals surface area contributed by atoms with Crippen LogP contribution in [0.3, 0.4) is 0 Å². The molecule has 30 nitrogen and oxygen atoms in total. The number of pyridine rings is 3. The average molecular weight is 1430 g/mol. The second-order valence-corrected chi connectivity index (χ2v) is 28.9. The molecule has 0 aliphatic heterocycles. The van der Waals surface area contributed by atoms with Crippen LogP contribution in [0.5, 0.6) is 17.2 Å². The number of hydrogen-bond donors (Lipinski definition) is 4. The van der Waals surface area contributed by atoms with E-state index in [0.29, 0.717) is 131 Å². The SMILES string of the molecule is Cc1nc(-c2nnn(C)c2COC(=O)N(C)[C@H](C)c2ccccc2)ccc1O[C@H]1CC(Cn2nnc(-c3ccc(O[C@H]4CC(Cn5nnc(-c6ccc(O[C@@H]7CCC[C@@H](C(=O)O)C7)c(C)n6)c5COC(O)N(C)CC5CCC5)C[C@H](C(=O)O)C4)cn3)c2COC(=O)N(C)C2CCCC2)C[C@H](C(=O)O)C1. The predicted molar refractivity (Wildman–Crippen MR) is 374 cm³/mol. The molecule has 556 valence electrons. The Labute approximate surface area is 603 Å². The number of amides is 2. The van der Waals surface area contributed by atoms with E-state index < -0.39 is 66.5 Å². The van der Waals surface area contributed by atoms with Gasteiger partial charge in [0.05, 0.1) is 89.1 Å². The highest BCUT2D eigenvalue weighted by Crippen LogP contribution is 2.39. The third-order valence-corrected chi connectivity index (χ3v) is 21.6. The summed E-state index contributed by atoms with van der Waals surface area (Å²) < 4.78 is 42.4. The molecule has 7 aromatic rings. The van der Waals surface area contributed by atoms with Crippen molar-refractivity contribution in [3.05, 3.63) is 107 Å². The van der Waals surface area contributed by atoms with Crippen molar-refractivity contribution in [3.63, 3.8) is 0 Å². The molecule has 2 amide bonds. The van der Waals surface area contributed by atoms with E-state index in [1.165, 1.54) is 15.8 Å². The van der Waals surface area contributed by atoms with Crippen molar-refractivity contribution in [3.8, 4) is 51.4 Å². The number of hydrogen-bond acceptors (Lipinski definition) is 22. The average Bonchev–Trinajstić information content (AvgIpc) is 1.63. The maximum Gasteiger partial charge on any atom is 0.410 e. The Morgan fingerprint density at radius 2 is 1.08 bits per heavy atom. The number of carboxylic acids is 3. The van der Waals surface area contributed by atoms with Gasteiger partial charge in [-0.3, -0.25) is 24.3 Å². The quantitative estimate of drug-likeness (QED) is 0.0317. The van der Waals surface area contributed by atoms with Gasteiger partial charge in [-0.1, -0.05) is 65.2 Å². The molecule has 0 bridgehead atoms. The number of carboxylic acid groups (broad SMARTS) is 3. The van der Waals surface area contributed by atoms with Crippen LogP contribution in [0.15, 0.2) is 72.9 Å². The van der Waals surface area contributed by atoms with Gasteiger partial charge in [0.2, 0.25) is 6.41 Å². The third kappa shape index (κ3) is 17.9. The van der Waals surface area contributed by atoms with Crippen molar-refractivity contribution < 1.29 is 72.8 Å². The van der Waals surface area contributed by atoms with E-state index >= 15 is 0 Å². The molecule has 5 fully saturated rings. The molecule has 6 heterocycles. The molecule has 5 aliphatic rings. The molecule has 5 aliphatic carbocycles. The highest BCUT2D eigenvalue weighted by molar-refractivity contribution is 5.72. The number of rotatable bonds is 29. The smallest absolute Gasteiger partial charge is 0.410 e. The maximum absolute atomic E-state index is 13.7. The minimum Gasteiger partial charge on any atom is -0.489 e. The molecule has 30 heteroatoms. The molecule has 1 aromatic carbocycles. The van der Waals surface area contributed by atoms with Crippen LogP contribution in [0, 0.1) is 49.4 Å². The van der Waals surface area contributed by atoms with Crippen LogP contribution in [-0.4, -0.2) is 184 Å². The van der Waals surface area contributed by atoms with Crippen molar-refractivity contribution in [2.75, 3.05) is 27.7 Å². The topological polar surface area (TPSA) is 362 Å². The van der Waals surface area contributed by atoms with E-state index in [2.05, 4.69) is 30.9 Å². The summed E-state index contributed by atoms with van der Waals surface area (Å²) in [5, 5.41) is 69.1. The normalized spacial score (nSPS) is 22.1. The van der Waals surface area contributed by atoms with Crippen molar-refractivity contribution in [2.24, 2.45) is 42.6 Å². The lowest BCUT2D eigenvalue weighted by Crippen LogP contribution is -2.39. The first-order valence-electron chi connectivity index (χ1n) is 36.3. The van der Waals surface area contributed by atoms with Crippen molar-refractivity contribution >= 4 is 30.1 Å². The standard InChI is InChI=1S/C74H95N15O15/c1-43-64(103-54-22-14-19-50(33-54)69(90)91)27-26-60(77-43)68-63(41-99-72(96)84(4)37-46-15-13-16-46)89(83-80-68)38-47-29-51(70(92)93)34-56(31-47)102-55-23-24-58(75-36-55)66-62(42-101-74(98)86(6)53-20-11-12-21-53)88(82-79-66)39-48-30-52(71(94)95)35-57(32-48)104-65-28-25-59(76-44(65)2)67-61(87(7)81-78-67)40-100-73(97)85(5)45(3)49-17-9-8-10-18-49/h8-10,17-18,23-28,36,45-48,50-54,56-57,72,96H,11-16,19-22,29-35,37-42H2,1-7H3,(H,90,91)(H,92,93)(H,94,95)/t45-,47?,48?,50-,51+,52+,54-,56+,57+,72?/m1/s1. The number of ether oxygens (including phenoxy) is 6. The van der Waals surface area contributed by atoms with E-state index in [9.17, 15) is 44.4 Å². The van der Waals surface area contributed by atoms with Gasteiger partial charge in [0, 0.05) is 46.8 Å². The van der Waals surface area contributed by atoms with Gasteiger partial charge in [-0.25, -0.2) is 33.6 Å². The second-order valence-electron chi connectivity index (χ2n) is 28.9. The molecule has 104 heavy (non-hydrogen) atoms. The first-order chi connectivity index (χ1) is 50.1. The number of benzene rings is 1. The van der Waals surface area contributed by atoms with E-state index in [1.54, 1.807) is 83.6 Å². The highest BCUT2D eigenvalue weighted by atomic mass is 16.6. The van der Waals surface area contributed by atoms with Gasteiger partial charge in [-0.2, -0.15) is 0 Å². The first-order valence-corrected chi connectivity index (χ1v) is 36.3. The zero-order chi connectivity index (χ0) is 73.3. The van der Waals surface area contributed by atoms with Crippen molar-refractivity contribution in [1.29, 1.82) is 0 Å². The van der Waals surface area contributed by atoms with Crippen LogP contribution in [0.4, 0.5) is 9.59 Å². The summed E-state index contributed by atoms with van der Waals surface area (Å²) in [6.07, 6.45) is 9.48. The second kappa shape index (κ2) is 33.4. The van der Waals surface area contributed by atoms with E-state index in [-0.39, 0.29) is 75.8 Å². The summed E-state index contributed by atoms with van der Waals surface area (Å²) in [5.41, 5.74) is 6.07. The fourth-order valence-corrected chi connectivity index (χ4v) is 15.2. The van der Waals surface area contributed by atoms with Crippen LogP contribution < -0.4 is 14.2 Å². The lowest BCUT2D eigenvalue weighted by atomic mass is 9.79. The van der Waals surface area contributed by atoms with Gasteiger partial charge in [-0.15, -0.1) is 15.3 Å². The Balaban J connectivity index is 0.734. The Kier molecular flexibility index (Phi) is 23.8. The molecule has 5 saturated carbocycles. The lowest BCUT2D eigenvalue weighted by Gasteiger charge is -2.33. The Bertz CT molecular complexity index is 4120. The molecule has 6 aromatic heterocycles. The van der Waals surface area contributed by atoms with Gasteiger partial charge in [0.25, 0.3) is 0 Å². The van der Waals surface area contributed by atoms with Crippen LogP contribution in [0.2, 0.25) is 0 Å². The summed E-state index contributed by atoms with van der Waals surface area (Å²) in [5.74, 6) is -3.47. The number of aromatic nitrogens is 12. The van der Waals surface area contributed by atoms with E-state index in [0.717, 1.165) is 63.4 Å². The maximum atomic E-state index is 13.7. The minimum absolute atomic E-state index is 0.0407. The number of aliphatic carboxylic acids is 3. The first kappa shape index (κ1) is 74.1. The van der Waals surface area contributed by atoms with Crippen LogP contribution in [0.1, 0.15) is 156 Å². The summed E-state index contributed by atoms with van der Waals surface area (Å²) >= 11 is 0. The number of aryl methyl sites for hydroxylation is 3. The molecule has 12 rings (SSSR count). The van der Waals surface area contributed by atoms with E-state index in [4.69, 9.17) is 43.4 Å². The summed E-state index contributed by atoms with van der Waals surface area (Å²) in [7, 11) is 6.94. The molecular formula is C74H95N15O15. The molecule has 0 spiro atoms. The fourth-order valence-electron chi connectivity index (χ4n) is 15.2. The number of aliphatic hydroxyl groups excluding tert-OH is 1. The zero-order valence-electron chi connectivity index (χ0n) is 60.1. The highest BCUT2D eigenvalue weighted by Gasteiger charge is 2.39. The van der Waals surface area contributed by atoms with Gasteiger partial charge in [0.1, 0.15) is 58.9 Å². The molecule has 0 radical (unpaired) electrons. The van der Waals surface area contributed by atoms with Crippen LogP contribution >= 0.6 is 0 Å². The van der Waals surface area contributed by atoms with Gasteiger partial charge in [-0.05, 0) is 177 Å². The number of carbonyl (C=O) groups excluding carboxylic acids is 2. The largest absolute Gasteiger partial charge is 0.489 e. The number of carbonyl (C=O) groups is 5. The van der Waals surface area contributed by atoms with Gasteiger partial charge < -0.3 is 58.6 Å². The minimum atomic E-state index is -1.23. The summed E-state index contributed by atoms with van der Waals surface area (Å²) in [4.78, 5) is 84.1. The molecule has 4 N–H and O–H groups in total. The Hall–Kier alpha value is -9.68. The molecule has 3 unspecified atom stereocenters. The van der Waals surface area contributed by atoms with E-state index in [1.807, 2.05) is 51.2 Å². The lowest BCUT2D eigenvalue weighted by molar-refractivity contribution is -0.197. The van der Waals surface area contributed by atoms with Crippen LogP contribution in [0.25, 0.3) is 34.2 Å². The predicted octanol–water partition coefficient (Wildman–Crippen LogP) is 10.1. The molecule has 10 atom stereocenters. The monoisotopic (exact) mass is 1430 g/mol. The van der Waals surface area contributed by atoms with Gasteiger partial charge >= 0.3 is 30.1 Å². The Morgan fingerprint density at radius 1 is 0.548 bits per heavy atom. The van der Waals surface area contributed by atoms with Crippen molar-refractivity contribution in [2.45, 2.75) is 200 Å². The summed E-state index contributed by atoms with van der Waals surface area (Å²) in [6.45, 7) is 6.21. The Morgan fingerprint density at radius 3 is 1.65 bits per heavy atom. The zero-order valence-corrected chi connectivity index (χ0v) is 60.1. The van der Waals surface area contributed by atoms with Crippen molar-refractivity contribution in [1.82, 2.24) is 74.6 Å². The summed E-state index contributed by atoms with van der Waals surface area (Å²) in [6, 6.07) is 20.0. The number of nitrogens with zero attached hydrogens (tertiary/aromatic N) is 15. The number of aliphatic hydroxyl groups is 1.